The van der Waals surface area contributed by atoms with Crippen molar-refractivity contribution in [1.29, 1.82) is 0 Å². The van der Waals surface area contributed by atoms with Crippen LogP contribution in [-0.2, 0) is 6.42 Å². The second-order valence-corrected chi connectivity index (χ2v) is 6.20. The van der Waals surface area contributed by atoms with Crippen LogP contribution in [0.15, 0.2) is 27.8 Å². The van der Waals surface area contributed by atoms with E-state index in [1.807, 2.05) is 12.1 Å². The van der Waals surface area contributed by atoms with Gasteiger partial charge in [0, 0.05) is 5.39 Å². The molecule has 0 radical (unpaired) electrons. The van der Waals surface area contributed by atoms with E-state index in [2.05, 4.69) is 27.3 Å². The van der Waals surface area contributed by atoms with Gasteiger partial charge in [0.2, 0.25) is 5.43 Å². The summed E-state index contributed by atoms with van der Waals surface area (Å²) in [7, 11) is 0. The first kappa shape index (κ1) is 16.4. The van der Waals surface area contributed by atoms with E-state index in [1.54, 1.807) is 6.07 Å². The van der Waals surface area contributed by atoms with Crippen LogP contribution in [0, 0.1) is 0 Å². The highest BCUT2D eigenvalue weighted by atomic mass is 16.1. The van der Waals surface area contributed by atoms with Gasteiger partial charge >= 0.3 is 0 Å². The average Bonchev–Trinajstić information content (AvgIpc) is 3.04. The van der Waals surface area contributed by atoms with Crippen LogP contribution >= 0.6 is 0 Å². The molecule has 2 N–H and O–H groups in total. The van der Waals surface area contributed by atoms with Crippen LogP contribution in [-0.4, -0.2) is 20.4 Å². The van der Waals surface area contributed by atoms with Crippen molar-refractivity contribution in [2.75, 3.05) is 0 Å². The van der Waals surface area contributed by atoms with Gasteiger partial charge in [-0.3, -0.25) is 9.59 Å². The van der Waals surface area contributed by atoms with Crippen LogP contribution in [0.2, 0.25) is 0 Å². The Balaban J connectivity index is 1.85. The standard InChI is InChI=1S/C18H22N4O2/c1-2-3-4-5-6-7-8-12-9-10-13-14(11-12)19-18(24)16-15(17(13)23)20-22-21-16/h9-11H,2-8H2,1H3,(H,19,24)(H,20,21,22). The molecule has 0 atom stereocenters. The summed E-state index contributed by atoms with van der Waals surface area (Å²) in [5.41, 5.74) is 1.13. The van der Waals surface area contributed by atoms with Crippen LogP contribution < -0.4 is 11.0 Å². The van der Waals surface area contributed by atoms with Gasteiger partial charge in [-0.15, -0.1) is 0 Å². The molecule has 0 amide bonds. The highest BCUT2D eigenvalue weighted by Gasteiger charge is 2.10. The molecule has 0 bridgehead atoms. The van der Waals surface area contributed by atoms with Crippen molar-refractivity contribution in [3.8, 4) is 0 Å². The number of fused-ring (bicyclic) bond motifs is 2. The maximum Gasteiger partial charge on any atom is 0.278 e. The van der Waals surface area contributed by atoms with Crippen LogP contribution in [0.4, 0.5) is 0 Å². The maximum absolute atomic E-state index is 12.5. The summed E-state index contributed by atoms with van der Waals surface area (Å²) in [6.07, 6.45) is 8.40. The number of aromatic nitrogens is 4. The quantitative estimate of drug-likeness (QED) is 0.653. The van der Waals surface area contributed by atoms with Crippen molar-refractivity contribution in [1.82, 2.24) is 20.4 Å². The molecule has 0 aliphatic rings. The third-order valence-corrected chi connectivity index (χ3v) is 4.37. The lowest BCUT2D eigenvalue weighted by Gasteiger charge is -2.03. The van der Waals surface area contributed by atoms with Gasteiger partial charge in [0.25, 0.3) is 5.56 Å². The second-order valence-electron chi connectivity index (χ2n) is 6.20. The number of nitrogens with zero attached hydrogens (tertiary/aromatic N) is 2. The fourth-order valence-corrected chi connectivity index (χ4v) is 3.01. The van der Waals surface area contributed by atoms with E-state index >= 15 is 0 Å². The van der Waals surface area contributed by atoms with Gasteiger partial charge in [0.05, 0.1) is 5.52 Å². The molecule has 6 heteroatoms. The molecule has 2 heterocycles. The van der Waals surface area contributed by atoms with Gasteiger partial charge in [-0.1, -0.05) is 45.1 Å². The van der Waals surface area contributed by atoms with E-state index in [4.69, 9.17) is 0 Å². The average molecular weight is 326 g/mol. The summed E-state index contributed by atoms with van der Waals surface area (Å²) < 4.78 is 0. The molecule has 3 rings (SSSR count). The van der Waals surface area contributed by atoms with Gasteiger partial charge in [-0.2, -0.15) is 15.4 Å². The number of nitrogens with one attached hydrogen (secondary N) is 2. The van der Waals surface area contributed by atoms with Crippen LogP contribution in [0.25, 0.3) is 21.9 Å². The van der Waals surface area contributed by atoms with E-state index in [0.717, 1.165) is 18.4 Å². The minimum atomic E-state index is -0.400. The van der Waals surface area contributed by atoms with E-state index in [0.29, 0.717) is 10.9 Å². The lowest BCUT2D eigenvalue weighted by atomic mass is 10.0. The summed E-state index contributed by atoms with van der Waals surface area (Å²) in [6.45, 7) is 2.21. The molecule has 24 heavy (non-hydrogen) atoms. The number of aromatic amines is 2. The SMILES string of the molecule is CCCCCCCCc1ccc2c(=O)c3n[nH]nc3c(=O)[nH]c2c1. The molecule has 0 spiro atoms. The first-order valence-electron chi connectivity index (χ1n) is 8.60. The van der Waals surface area contributed by atoms with Gasteiger partial charge in [-0.05, 0) is 30.5 Å². The molecule has 0 saturated carbocycles. The fraction of sp³-hybridized carbons (Fsp3) is 0.444. The van der Waals surface area contributed by atoms with Gasteiger partial charge in [0.1, 0.15) is 0 Å². The zero-order valence-electron chi connectivity index (χ0n) is 13.9. The van der Waals surface area contributed by atoms with E-state index in [-0.39, 0.29) is 16.5 Å². The van der Waals surface area contributed by atoms with E-state index in [9.17, 15) is 9.59 Å². The molecule has 6 nitrogen and oxygen atoms in total. The maximum atomic E-state index is 12.5. The third-order valence-electron chi connectivity index (χ3n) is 4.37. The predicted molar refractivity (Wildman–Crippen MR) is 95.4 cm³/mol. The Kier molecular flexibility index (Phi) is 5.03. The second kappa shape index (κ2) is 7.38. The van der Waals surface area contributed by atoms with Crippen LogP contribution in [0.1, 0.15) is 51.0 Å². The van der Waals surface area contributed by atoms with Gasteiger partial charge in [0.15, 0.2) is 11.0 Å². The van der Waals surface area contributed by atoms with E-state index in [1.165, 1.54) is 32.1 Å². The molecule has 0 unspecified atom stereocenters. The Bertz CT molecular complexity index is 959. The molecule has 1 aromatic carbocycles. The van der Waals surface area contributed by atoms with Crippen molar-refractivity contribution < 1.29 is 0 Å². The third kappa shape index (κ3) is 3.37. The number of H-pyrrole nitrogens is 2. The summed E-state index contributed by atoms with van der Waals surface area (Å²) >= 11 is 0. The summed E-state index contributed by atoms with van der Waals surface area (Å²) in [5, 5.41) is 10.4. The number of unbranched alkanes of at least 4 members (excludes halogenated alkanes) is 5. The lowest BCUT2D eigenvalue weighted by Crippen LogP contribution is -2.02. The van der Waals surface area contributed by atoms with Crippen molar-refractivity contribution in [2.24, 2.45) is 0 Å². The van der Waals surface area contributed by atoms with Gasteiger partial charge < -0.3 is 4.98 Å². The number of hydrogen-bond acceptors (Lipinski definition) is 4. The monoisotopic (exact) mass is 326 g/mol. The lowest BCUT2D eigenvalue weighted by molar-refractivity contribution is 0.607. The van der Waals surface area contributed by atoms with Crippen molar-refractivity contribution in [3.63, 3.8) is 0 Å². The Morgan fingerprint density at radius 2 is 1.71 bits per heavy atom. The Hall–Kier alpha value is -2.50. The molecular weight excluding hydrogens is 304 g/mol. The van der Waals surface area contributed by atoms with Crippen molar-refractivity contribution in [2.45, 2.75) is 51.9 Å². The van der Waals surface area contributed by atoms with Crippen molar-refractivity contribution >= 4 is 21.9 Å². The molecule has 126 valence electrons. The zero-order chi connectivity index (χ0) is 16.9. The summed E-state index contributed by atoms with van der Waals surface area (Å²) in [5.74, 6) is 0. The Labute approximate surface area is 139 Å². The van der Waals surface area contributed by atoms with Gasteiger partial charge in [-0.25, -0.2) is 0 Å². The molecule has 0 saturated heterocycles. The summed E-state index contributed by atoms with van der Waals surface area (Å²) in [4.78, 5) is 27.4. The van der Waals surface area contributed by atoms with E-state index < -0.39 is 5.56 Å². The van der Waals surface area contributed by atoms with Crippen LogP contribution in [0.5, 0.6) is 0 Å². The number of hydrogen-bond donors (Lipinski definition) is 2. The van der Waals surface area contributed by atoms with Crippen molar-refractivity contribution in [3.05, 3.63) is 44.3 Å². The number of aryl methyl sites for hydroxylation is 1. The largest absolute Gasteiger partial charge is 0.320 e. The molecule has 0 aliphatic heterocycles. The minimum absolute atomic E-state index is 0.0497. The summed E-state index contributed by atoms with van der Waals surface area (Å²) in [6, 6.07) is 5.63. The highest BCUT2D eigenvalue weighted by Crippen LogP contribution is 2.14. The first-order chi connectivity index (χ1) is 11.7. The Morgan fingerprint density at radius 1 is 0.958 bits per heavy atom. The molecule has 3 aromatic rings. The highest BCUT2D eigenvalue weighted by molar-refractivity contribution is 5.86. The zero-order valence-corrected chi connectivity index (χ0v) is 13.9. The molecule has 0 aliphatic carbocycles. The fourth-order valence-electron chi connectivity index (χ4n) is 3.01. The Morgan fingerprint density at radius 3 is 2.54 bits per heavy atom. The van der Waals surface area contributed by atoms with Crippen LogP contribution in [0.3, 0.4) is 0 Å². The minimum Gasteiger partial charge on any atom is -0.320 e. The molecule has 2 aromatic heterocycles. The number of rotatable bonds is 7. The normalized spacial score (nSPS) is 11.4. The number of benzene rings is 1. The molecule has 0 fully saturated rings. The first-order valence-corrected chi connectivity index (χ1v) is 8.60. The molecular formula is C18H22N4O2. The smallest absolute Gasteiger partial charge is 0.278 e. The predicted octanol–water partition coefficient (Wildman–Crippen LogP) is 3.06. The topological polar surface area (TPSA) is 91.5 Å².